The van der Waals surface area contributed by atoms with Gasteiger partial charge in [0.05, 0.1) is 21.1 Å². The summed E-state index contributed by atoms with van der Waals surface area (Å²) in [5.41, 5.74) is 11.4. The lowest BCUT2D eigenvalue weighted by Gasteiger charge is -2.31. The number of halogens is 1. The molecule has 5 heterocycles. The number of para-hydroxylation sites is 1. The Morgan fingerprint density at radius 1 is 1.21 bits per heavy atom. The number of piperidine rings is 1. The van der Waals surface area contributed by atoms with Gasteiger partial charge in [-0.1, -0.05) is 18.2 Å². The number of rotatable bonds is 3. The number of nitrogens with one attached hydrogen (secondary N) is 1. The standard InChI is InChI=1S/C24H23BrN6OS/c25-21-16(7-12-33-21)24(32)30-9-5-14(6-10-30)23-29-19(20-22(26)27-8-11-31(20)23)18-13-15-3-1-2-4-17(15)28-18/h1-4,7-8,11-12,14,18,28H,5-6,9-10,13H2,(H2,26,27). The van der Waals surface area contributed by atoms with Crippen molar-refractivity contribution in [2.24, 2.45) is 0 Å². The molecule has 3 N–H and O–H groups in total. The fraction of sp³-hybridized carbons (Fsp3) is 0.292. The van der Waals surface area contributed by atoms with Crippen LogP contribution in [0.1, 0.15) is 52.2 Å². The number of anilines is 2. The number of benzene rings is 1. The molecule has 33 heavy (non-hydrogen) atoms. The lowest BCUT2D eigenvalue weighted by atomic mass is 9.95. The average molecular weight is 523 g/mol. The van der Waals surface area contributed by atoms with E-state index in [1.165, 1.54) is 16.9 Å². The third kappa shape index (κ3) is 3.50. The molecule has 0 bridgehead atoms. The molecule has 9 heteroatoms. The Bertz CT molecular complexity index is 1330. The highest BCUT2D eigenvalue weighted by molar-refractivity contribution is 9.11. The van der Waals surface area contributed by atoms with Crippen molar-refractivity contribution in [3.63, 3.8) is 0 Å². The molecule has 1 fully saturated rings. The van der Waals surface area contributed by atoms with Gasteiger partial charge in [0.1, 0.15) is 17.2 Å². The number of nitrogens with two attached hydrogens (primary N) is 1. The molecule has 1 saturated heterocycles. The van der Waals surface area contributed by atoms with Crippen LogP contribution < -0.4 is 11.1 Å². The van der Waals surface area contributed by atoms with E-state index < -0.39 is 0 Å². The number of aromatic nitrogens is 3. The maximum Gasteiger partial charge on any atom is 0.255 e. The van der Waals surface area contributed by atoms with Crippen LogP contribution >= 0.6 is 27.3 Å². The molecular weight excluding hydrogens is 500 g/mol. The molecule has 1 amide bonds. The number of likely N-dealkylation sites (tertiary alicyclic amines) is 1. The van der Waals surface area contributed by atoms with Gasteiger partial charge in [-0.2, -0.15) is 0 Å². The van der Waals surface area contributed by atoms with Crippen molar-refractivity contribution in [2.45, 2.75) is 31.2 Å². The number of hydrogen-bond donors (Lipinski definition) is 2. The predicted octanol–water partition coefficient (Wildman–Crippen LogP) is 4.86. The second-order valence-electron chi connectivity index (χ2n) is 8.62. The molecule has 0 radical (unpaired) electrons. The first-order valence-electron chi connectivity index (χ1n) is 11.1. The van der Waals surface area contributed by atoms with Crippen molar-refractivity contribution in [1.29, 1.82) is 0 Å². The van der Waals surface area contributed by atoms with Crippen molar-refractivity contribution in [2.75, 3.05) is 24.1 Å². The third-order valence-electron chi connectivity index (χ3n) is 6.73. The van der Waals surface area contributed by atoms with E-state index in [4.69, 9.17) is 10.7 Å². The van der Waals surface area contributed by atoms with Gasteiger partial charge in [-0.3, -0.25) is 9.20 Å². The van der Waals surface area contributed by atoms with Crippen LogP contribution in [0.25, 0.3) is 5.52 Å². The van der Waals surface area contributed by atoms with Crippen LogP contribution in [0, 0.1) is 0 Å². The van der Waals surface area contributed by atoms with Gasteiger partial charge < -0.3 is 16.0 Å². The number of carbonyl (C=O) groups is 1. The minimum Gasteiger partial charge on any atom is -0.382 e. The van der Waals surface area contributed by atoms with E-state index in [0.29, 0.717) is 18.9 Å². The number of imidazole rings is 1. The van der Waals surface area contributed by atoms with Crippen molar-refractivity contribution < 1.29 is 4.79 Å². The minimum absolute atomic E-state index is 0.0651. The molecule has 2 aliphatic heterocycles. The zero-order chi connectivity index (χ0) is 22.5. The van der Waals surface area contributed by atoms with Gasteiger partial charge in [0.2, 0.25) is 0 Å². The normalized spacial score (nSPS) is 18.5. The predicted molar refractivity (Wildman–Crippen MR) is 134 cm³/mol. The van der Waals surface area contributed by atoms with E-state index >= 15 is 0 Å². The molecule has 4 aromatic rings. The summed E-state index contributed by atoms with van der Waals surface area (Å²) in [7, 11) is 0. The van der Waals surface area contributed by atoms with Gasteiger partial charge in [0, 0.05) is 43.5 Å². The highest BCUT2D eigenvalue weighted by atomic mass is 79.9. The Morgan fingerprint density at radius 3 is 2.79 bits per heavy atom. The zero-order valence-corrected chi connectivity index (χ0v) is 20.3. The van der Waals surface area contributed by atoms with Gasteiger partial charge in [0.25, 0.3) is 5.91 Å². The molecule has 1 unspecified atom stereocenters. The van der Waals surface area contributed by atoms with Crippen LogP contribution in [0.15, 0.2) is 51.9 Å². The van der Waals surface area contributed by atoms with Crippen molar-refractivity contribution in [3.8, 4) is 0 Å². The number of thiophene rings is 1. The Morgan fingerprint density at radius 2 is 2.03 bits per heavy atom. The van der Waals surface area contributed by atoms with E-state index in [-0.39, 0.29) is 17.9 Å². The van der Waals surface area contributed by atoms with Crippen LogP contribution in [-0.4, -0.2) is 38.3 Å². The first-order valence-corrected chi connectivity index (χ1v) is 12.8. The van der Waals surface area contributed by atoms with Gasteiger partial charge in [-0.15, -0.1) is 11.3 Å². The monoisotopic (exact) mass is 522 g/mol. The van der Waals surface area contributed by atoms with Crippen molar-refractivity contribution >= 4 is 50.2 Å². The number of nitrogens with zero attached hydrogens (tertiary/aromatic N) is 4. The Hall–Kier alpha value is -2.91. The summed E-state index contributed by atoms with van der Waals surface area (Å²) in [6.07, 6.45) is 6.30. The maximum absolute atomic E-state index is 12.9. The second-order valence-corrected chi connectivity index (χ2v) is 10.9. The fourth-order valence-corrected chi connectivity index (χ4v) is 6.30. The number of hydrogen-bond acceptors (Lipinski definition) is 6. The van der Waals surface area contributed by atoms with Crippen LogP contribution in [-0.2, 0) is 6.42 Å². The second kappa shape index (κ2) is 8.14. The molecule has 168 valence electrons. The van der Waals surface area contributed by atoms with Crippen molar-refractivity contribution in [1.82, 2.24) is 19.3 Å². The first-order chi connectivity index (χ1) is 16.1. The van der Waals surface area contributed by atoms with Crippen LogP contribution in [0.3, 0.4) is 0 Å². The lowest BCUT2D eigenvalue weighted by Crippen LogP contribution is -2.38. The first kappa shape index (κ1) is 20.7. The Balaban J connectivity index is 1.28. The summed E-state index contributed by atoms with van der Waals surface area (Å²) >= 11 is 5.04. The van der Waals surface area contributed by atoms with Crippen LogP contribution in [0.2, 0.25) is 0 Å². The molecule has 0 spiro atoms. The average Bonchev–Trinajstić information content (AvgIpc) is 3.55. The van der Waals surface area contributed by atoms with E-state index in [1.54, 1.807) is 6.20 Å². The van der Waals surface area contributed by atoms with E-state index in [2.05, 4.69) is 48.8 Å². The summed E-state index contributed by atoms with van der Waals surface area (Å²) in [5.74, 6) is 1.86. The molecule has 0 aliphatic carbocycles. The Kier molecular flexibility index (Phi) is 5.10. The number of carbonyl (C=O) groups excluding carboxylic acids is 1. The fourth-order valence-electron chi connectivity index (χ4n) is 5.07. The summed E-state index contributed by atoms with van der Waals surface area (Å²) in [6, 6.07) is 10.3. The molecule has 0 saturated carbocycles. The molecule has 3 aromatic heterocycles. The smallest absolute Gasteiger partial charge is 0.255 e. The third-order valence-corrected chi connectivity index (χ3v) is 8.42. The highest BCUT2D eigenvalue weighted by Crippen LogP contribution is 2.38. The molecule has 1 aromatic carbocycles. The molecule has 6 rings (SSSR count). The van der Waals surface area contributed by atoms with Gasteiger partial charge >= 0.3 is 0 Å². The van der Waals surface area contributed by atoms with Gasteiger partial charge in [-0.05, 0) is 51.8 Å². The largest absolute Gasteiger partial charge is 0.382 e. The quantitative estimate of drug-likeness (QED) is 0.400. The molecular formula is C24H23BrN6OS. The zero-order valence-electron chi connectivity index (χ0n) is 17.9. The molecule has 1 atom stereocenters. The van der Waals surface area contributed by atoms with E-state index in [9.17, 15) is 4.79 Å². The SMILES string of the molecule is Nc1nccn2c(C3CCN(C(=O)c4ccsc4Br)CC3)nc(C3Cc4ccccc4N3)c12. The topological polar surface area (TPSA) is 88.5 Å². The summed E-state index contributed by atoms with van der Waals surface area (Å²) in [6.45, 7) is 1.42. The summed E-state index contributed by atoms with van der Waals surface area (Å²) < 4.78 is 3.01. The van der Waals surface area contributed by atoms with Crippen molar-refractivity contribution in [3.05, 3.63) is 74.5 Å². The van der Waals surface area contributed by atoms with Gasteiger partial charge in [-0.25, -0.2) is 9.97 Å². The summed E-state index contributed by atoms with van der Waals surface area (Å²) in [5, 5.41) is 5.55. The lowest BCUT2D eigenvalue weighted by molar-refractivity contribution is 0.0710. The van der Waals surface area contributed by atoms with E-state index in [1.807, 2.05) is 28.6 Å². The van der Waals surface area contributed by atoms with E-state index in [0.717, 1.165) is 51.3 Å². The molecule has 7 nitrogen and oxygen atoms in total. The minimum atomic E-state index is 0.0651. The summed E-state index contributed by atoms with van der Waals surface area (Å²) in [4.78, 5) is 24.4. The number of fused-ring (bicyclic) bond motifs is 2. The maximum atomic E-state index is 12.9. The number of amides is 1. The van der Waals surface area contributed by atoms with Gasteiger partial charge in [0.15, 0.2) is 0 Å². The molecule has 2 aliphatic rings. The highest BCUT2D eigenvalue weighted by Gasteiger charge is 2.32. The Labute approximate surface area is 203 Å². The van der Waals surface area contributed by atoms with Crippen LogP contribution in [0.4, 0.5) is 11.5 Å². The van der Waals surface area contributed by atoms with Crippen LogP contribution in [0.5, 0.6) is 0 Å². The number of nitrogen functional groups attached to an aromatic ring is 1.